The van der Waals surface area contributed by atoms with Gasteiger partial charge in [-0.05, 0) is 18.2 Å². The molecule has 0 aliphatic rings. The molecule has 0 aliphatic carbocycles. The average molecular weight is 319 g/mol. The topological polar surface area (TPSA) is 89.9 Å². The number of carboxylic acid groups (broad SMARTS) is 1. The van der Waals surface area contributed by atoms with Crippen LogP contribution in [0.1, 0.15) is 18.9 Å². The minimum atomic E-state index is -0.745. The fourth-order valence-electron chi connectivity index (χ4n) is 2.24. The van der Waals surface area contributed by atoms with Gasteiger partial charge < -0.3 is 9.67 Å². The highest BCUT2D eigenvalue weighted by Crippen LogP contribution is 2.24. The summed E-state index contributed by atoms with van der Waals surface area (Å²) in [6.45, 7) is 1.60. The third kappa shape index (κ3) is 3.68. The molecule has 0 fully saturated rings. The van der Waals surface area contributed by atoms with Gasteiger partial charge in [-0.15, -0.1) is 0 Å². The lowest BCUT2D eigenvalue weighted by Gasteiger charge is -2.04. The first-order valence-electron chi connectivity index (χ1n) is 7.44. The Labute approximate surface area is 139 Å². The third-order valence-corrected chi connectivity index (χ3v) is 3.43. The quantitative estimate of drug-likeness (QED) is 0.715. The molecule has 3 rings (SSSR count). The summed E-state index contributed by atoms with van der Waals surface area (Å²) in [5, 5.41) is 25.4. The third-order valence-electron chi connectivity index (χ3n) is 3.43. The highest BCUT2D eigenvalue weighted by atomic mass is 16.4. The highest BCUT2D eigenvalue weighted by Gasteiger charge is 2.12. The van der Waals surface area contributed by atoms with Crippen molar-refractivity contribution in [1.82, 2.24) is 4.57 Å². The zero-order valence-electron chi connectivity index (χ0n) is 13.2. The molecular weight excluding hydrogens is 302 g/mol. The van der Waals surface area contributed by atoms with E-state index in [0.29, 0.717) is 5.56 Å². The van der Waals surface area contributed by atoms with Crippen molar-refractivity contribution in [1.29, 1.82) is 10.7 Å². The summed E-state index contributed by atoms with van der Waals surface area (Å²) in [4.78, 5) is 9.37. The summed E-state index contributed by atoms with van der Waals surface area (Å²) in [6, 6.07) is 19.6. The maximum absolute atomic E-state index is 9.37. The van der Waals surface area contributed by atoms with Gasteiger partial charge in [0.25, 0.3) is 0 Å². The predicted octanol–water partition coefficient (Wildman–Crippen LogP) is 4.00. The summed E-state index contributed by atoms with van der Waals surface area (Å²) < 4.78 is 2.01. The second-order valence-electron chi connectivity index (χ2n) is 5.00. The van der Waals surface area contributed by atoms with Crippen molar-refractivity contribution in [3.63, 3.8) is 0 Å². The Hall–Kier alpha value is -3.39. The number of nitrogens with one attached hydrogen (secondary N) is 1. The fourth-order valence-corrected chi connectivity index (χ4v) is 2.24. The van der Waals surface area contributed by atoms with Gasteiger partial charge >= 0.3 is 5.97 Å². The molecule has 0 unspecified atom stereocenters. The van der Waals surface area contributed by atoms with Crippen LogP contribution in [0.15, 0.2) is 60.8 Å². The van der Waals surface area contributed by atoms with Gasteiger partial charge in [-0.25, -0.2) is 0 Å². The van der Waals surface area contributed by atoms with Crippen LogP contribution in [0, 0.1) is 16.7 Å². The van der Waals surface area contributed by atoms with Crippen LogP contribution in [0.4, 0.5) is 0 Å². The Balaban J connectivity index is 0.000000368. The summed E-state index contributed by atoms with van der Waals surface area (Å²) >= 11 is 0. The van der Waals surface area contributed by atoms with Crippen LogP contribution in [-0.4, -0.2) is 21.4 Å². The number of hydrogen-bond acceptors (Lipinski definition) is 3. The Morgan fingerprint density at radius 2 is 1.75 bits per heavy atom. The van der Waals surface area contributed by atoms with Crippen molar-refractivity contribution in [2.75, 3.05) is 0 Å². The molecule has 0 atom stereocenters. The van der Waals surface area contributed by atoms with E-state index >= 15 is 0 Å². The molecule has 2 N–H and O–H groups in total. The molecule has 0 spiro atoms. The monoisotopic (exact) mass is 319 g/mol. The first-order chi connectivity index (χ1) is 11.6. The van der Waals surface area contributed by atoms with E-state index in [-0.39, 0.29) is 12.1 Å². The van der Waals surface area contributed by atoms with Crippen LogP contribution in [-0.2, 0) is 4.79 Å². The van der Waals surface area contributed by atoms with Gasteiger partial charge in [-0.3, -0.25) is 10.2 Å². The lowest BCUT2D eigenvalue weighted by atomic mass is 10.1. The van der Waals surface area contributed by atoms with Crippen LogP contribution in [0.5, 0.6) is 0 Å². The molecule has 0 saturated heterocycles. The van der Waals surface area contributed by atoms with E-state index in [0.717, 1.165) is 16.6 Å². The normalized spacial score (nSPS) is 9.67. The molecule has 2 aromatic carbocycles. The number of benzene rings is 2. The Morgan fingerprint density at radius 1 is 1.17 bits per heavy atom. The number of aromatic nitrogens is 1. The maximum atomic E-state index is 9.37. The van der Waals surface area contributed by atoms with Gasteiger partial charge in [-0.1, -0.05) is 43.3 Å². The Kier molecular flexibility index (Phi) is 5.48. The van der Waals surface area contributed by atoms with Crippen LogP contribution in [0.3, 0.4) is 0 Å². The number of nitriles is 1. The maximum Gasteiger partial charge on any atom is 0.303 e. The smallest absolute Gasteiger partial charge is 0.303 e. The lowest BCUT2D eigenvalue weighted by molar-refractivity contribution is -0.136. The van der Waals surface area contributed by atoms with E-state index in [1.54, 1.807) is 6.92 Å². The number of carboxylic acids is 1. The lowest BCUT2D eigenvalue weighted by Crippen LogP contribution is -1.93. The predicted molar refractivity (Wildman–Crippen MR) is 93.6 cm³/mol. The largest absolute Gasteiger partial charge is 0.481 e. The SMILES string of the molecule is CCC(=O)O.N#CC(=N)c1cn(-c2ccccc2)c2ccccc12. The summed E-state index contributed by atoms with van der Waals surface area (Å²) in [7, 11) is 0. The van der Waals surface area contributed by atoms with E-state index in [4.69, 9.17) is 15.8 Å². The van der Waals surface area contributed by atoms with Crippen LogP contribution >= 0.6 is 0 Å². The molecule has 1 heterocycles. The molecule has 5 nitrogen and oxygen atoms in total. The van der Waals surface area contributed by atoms with Crippen molar-refractivity contribution in [2.45, 2.75) is 13.3 Å². The van der Waals surface area contributed by atoms with Gasteiger partial charge in [0.15, 0.2) is 0 Å². The molecule has 3 aromatic rings. The number of nitrogens with zero attached hydrogens (tertiary/aromatic N) is 2. The summed E-state index contributed by atoms with van der Waals surface area (Å²) in [6.07, 6.45) is 2.07. The van der Waals surface area contributed by atoms with E-state index < -0.39 is 5.97 Å². The number of rotatable bonds is 3. The van der Waals surface area contributed by atoms with Crippen LogP contribution < -0.4 is 0 Å². The summed E-state index contributed by atoms with van der Waals surface area (Å²) in [5.41, 5.74) is 2.69. The van der Waals surface area contributed by atoms with Crippen LogP contribution in [0.25, 0.3) is 16.6 Å². The van der Waals surface area contributed by atoms with Crippen LogP contribution in [0.2, 0.25) is 0 Å². The molecule has 0 saturated carbocycles. The molecule has 0 radical (unpaired) electrons. The number of para-hydroxylation sites is 2. The second-order valence-corrected chi connectivity index (χ2v) is 5.00. The van der Waals surface area contributed by atoms with Crippen molar-refractivity contribution in [3.8, 4) is 11.8 Å². The Morgan fingerprint density at radius 3 is 2.33 bits per heavy atom. The van der Waals surface area contributed by atoms with Gasteiger partial charge in [-0.2, -0.15) is 5.26 Å². The van der Waals surface area contributed by atoms with Crippen molar-refractivity contribution >= 4 is 22.6 Å². The molecule has 5 heteroatoms. The van der Waals surface area contributed by atoms with Crippen molar-refractivity contribution in [2.24, 2.45) is 0 Å². The minimum Gasteiger partial charge on any atom is -0.481 e. The van der Waals surface area contributed by atoms with E-state index in [1.807, 2.05) is 71.4 Å². The summed E-state index contributed by atoms with van der Waals surface area (Å²) in [5.74, 6) is -0.745. The molecule has 24 heavy (non-hydrogen) atoms. The van der Waals surface area contributed by atoms with Gasteiger partial charge in [0.05, 0.1) is 5.52 Å². The van der Waals surface area contributed by atoms with Gasteiger partial charge in [0.1, 0.15) is 11.8 Å². The Bertz CT molecular complexity index is 905. The van der Waals surface area contributed by atoms with Gasteiger partial charge in [0, 0.05) is 29.3 Å². The molecule has 0 amide bonds. The van der Waals surface area contributed by atoms with Gasteiger partial charge in [0.2, 0.25) is 0 Å². The number of aliphatic carboxylic acids is 1. The zero-order valence-corrected chi connectivity index (χ0v) is 13.2. The van der Waals surface area contributed by atoms with E-state index in [1.165, 1.54) is 0 Å². The number of hydrogen-bond donors (Lipinski definition) is 2. The molecule has 1 aromatic heterocycles. The second kappa shape index (κ2) is 7.75. The van der Waals surface area contributed by atoms with E-state index in [9.17, 15) is 4.79 Å². The number of fused-ring (bicyclic) bond motifs is 1. The fraction of sp³-hybridized carbons (Fsp3) is 0.105. The molecule has 120 valence electrons. The molecular formula is C19H17N3O2. The van der Waals surface area contributed by atoms with Crippen molar-refractivity contribution in [3.05, 3.63) is 66.4 Å². The standard InChI is InChI=1S/C16H11N3.C3H6O2/c17-10-15(18)14-11-19(12-6-2-1-3-7-12)16-9-5-4-8-13(14)16;1-2-3(4)5/h1-9,11,18H;2H2,1H3,(H,4,5). The zero-order chi connectivity index (χ0) is 17.5. The van der Waals surface area contributed by atoms with E-state index in [2.05, 4.69) is 0 Å². The molecule has 0 aliphatic heterocycles. The average Bonchev–Trinajstić information content (AvgIpc) is 3.02. The minimum absolute atomic E-state index is 0.00844. The highest BCUT2D eigenvalue weighted by molar-refractivity contribution is 6.17. The van der Waals surface area contributed by atoms with Crippen molar-refractivity contribution < 1.29 is 9.90 Å². The first-order valence-corrected chi connectivity index (χ1v) is 7.44. The molecule has 0 bridgehead atoms. The first kappa shape index (κ1) is 17.0. The number of carbonyl (C=O) groups is 1.